The highest BCUT2D eigenvalue weighted by molar-refractivity contribution is 6.05. The average Bonchev–Trinajstić information content (AvgIpc) is 2.55. The summed E-state index contributed by atoms with van der Waals surface area (Å²) in [4.78, 5) is 14.1. The van der Waals surface area contributed by atoms with Gasteiger partial charge in [0.05, 0.1) is 0 Å². The normalized spacial score (nSPS) is 11.2. The van der Waals surface area contributed by atoms with Crippen molar-refractivity contribution in [2.75, 3.05) is 18.1 Å². The molecule has 5 nitrogen and oxygen atoms in total. The second-order valence-electron chi connectivity index (χ2n) is 5.00. The van der Waals surface area contributed by atoms with Crippen molar-refractivity contribution < 1.29 is 22.7 Å². The first-order chi connectivity index (χ1) is 11.3. The van der Waals surface area contributed by atoms with Crippen molar-refractivity contribution in [3.8, 4) is 5.88 Å². The van der Waals surface area contributed by atoms with Crippen LogP contribution in [0.3, 0.4) is 0 Å². The molecule has 1 aromatic carbocycles. The van der Waals surface area contributed by atoms with Crippen molar-refractivity contribution in [3.63, 3.8) is 0 Å². The minimum Gasteiger partial charge on any atom is -0.467 e. The van der Waals surface area contributed by atoms with E-state index in [1.54, 1.807) is 0 Å². The summed E-state index contributed by atoms with van der Waals surface area (Å²) >= 11 is 0. The minimum absolute atomic E-state index is 0.0273. The molecule has 1 amide bonds. The number of rotatable bonds is 5. The molecule has 0 saturated heterocycles. The summed E-state index contributed by atoms with van der Waals surface area (Å²) < 4.78 is 40.7. The van der Waals surface area contributed by atoms with Gasteiger partial charge >= 0.3 is 6.18 Å². The maximum atomic E-state index is 12.6. The average molecular weight is 339 g/mol. The highest BCUT2D eigenvalue weighted by Gasteiger charge is 2.29. The fourth-order valence-electron chi connectivity index (χ4n) is 2.09. The molecular formula is C16H16F3N3O2. The van der Waals surface area contributed by atoms with Crippen LogP contribution in [-0.4, -0.2) is 35.4 Å². The van der Waals surface area contributed by atoms with Gasteiger partial charge in [0, 0.05) is 18.3 Å². The monoisotopic (exact) mass is 339 g/mol. The molecule has 0 bridgehead atoms. The molecule has 0 saturated carbocycles. The van der Waals surface area contributed by atoms with Crippen LogP contribution in [0.5, 0.6) is 5.88 Å². The Bertz CT molecular complexity index is 702. The topological polar surface area (TPSA) is 55.3 Å². The molecule has 0 N–H and O–H groups in total. The van der Waals surface area contributed by atoms with Gasteiger partial charge in [0.15, 0.2) is 12.3 Å². The molecule has 0 radical (unpaired) electrons. The number of nitrogens with zero attached hydrogens (tertiary/aromatic N) is 3. The number of hydrogen-bond acceptors (Lipinski definition) is 4. The van der Waals surface area contributed by atoms with E-state index in [9.17, 15) is 18.0 Å². The van der Waals surface area contributed by atoms with E-state index in [1.165, 1.54) is 17.0 Å². The van der Waals surface area contributed by atoms with Crippen LogP contribution in [0.25, 0.3) is 0 Å². The maximum Gasteiger partial charge on any atom is 0.422 e. The molecular weight excluding hydrogens is 323 g/mol. The Balaban J connectivity index is 2.15. The standard InChI is InChI=1S/C16H16F3N3O2/c1-3-22(13-7-5-4-6-11(13)2)15(23)12-8-9-14(21-20-12)24-10-16(17,18)19/h4-9H,3,10H2,1-2H3. The Morgan fingerprint density at radius 3 is 2.42 bits per heavy atom. The van der Waals surface area contributed by atoms with Crippen molar-refractivity contribution in [3.05, 3.63) is 47.7 Å². The molecule has 1 aromatic heterocycles. The van der Waals surface area contributed by atoms with Crippen molar-refractivity contribution >= 4 is 11.6 Å². The predicted octanol–water partition coefficient (Wildman–Crippen LogP) is 3.39. The van der Waals surface area contributed by atoms with E-state index in [2.05, 4.69) is 14.9 Å². The number of halogens is 3. The summed E-state index contributed by atoms with van der Waals surface area (Å²) in [7, 11) is 0. The SMILES string of the molecule is CCN(C(=O)c1ccc(OCC(F)(F)F)nn1)c1ccccc1C. The summed E-state index contributed by atoms with van der Waals surface area (Å²) in [5.74, 6) is -0.676. The third-order valence-electron chi connectivity index (χ3n) is 3.21. The third-order valence-corrected chi connectivity index (χ3v) is 3.21. The van der Waals surface area contributed by atoms with Crippen LogP contribution in [0.2, 0.25) is 0 Å². The number of carbonyl (C=O) groups excluding carboxylic acids is 1. The van der Waals surface area contributed by atoms with Crippen LogP contribution in [0.1, 0.15) is 23.0 Å². The van der Waals surface area contributed by atoms with Crippen LogP contribution in [0, 0.1) is 6.92 Å². The number of anilines is 1. The van der Waals surface area contributed by atoms with Crippen molar-refractivity contribution in [2.24, 2.45) is 0 Å². The summed E-state index contributed by atoms with van der Waals surface area (Å²) in [6.07, 6.45) is -4.46. The van der Waals surface area contributed by atoms with Crippen molar-refractivity contribution in [2.45, 2.75) is 20.0 Å². The van der Waals surface area contributed by atoms with E-state index < -0.39 is 12.8 Å². The zero-order valence-electron chi connectivity index (χ0n) is 13.2. The molecule has 8 heteroatoms. The first-order valence-electron chi connectivity index (χ1n) is 7.22. The van der Waals surface area contributed by atoms with Crippen molar-refractivity contribution in [1.29, 1.82) is 0 Å². The summed E-state index contributed by atoms with van der Waals surface area (Å²) in [6.45, 7) is 2.65. The number of benzene rings is 1. The fourth-order valence-corrected chi connectivity index (χ4v) is 2.09. The molecule has 0 aliphatic rings. The highest BCUT2D eigenvalue weighted by Crippen LogP contribution is 2.21. The van der Waals surface area contributed by atoms with Gasteiger partial charge in [-0.25, -0.2) is 0 Å². The number of amides is 1. The third kappa shape index (κ3) is 4.43. The summed E-state index contributed by atoms with van der Waals surface area (Å²) in [6, 6.07) is 9.86. The molecule has 2 aromatic rings. The van der Waals surface area contributed by atoms with Gasteiger partial charge in [-0.1, -0.05) is 18.2 Å². The zero-order valence-corrected chi connectivity index (χ0v) is 13.2. The lowest BCUT2D eigenvalue weighted by Crippen LogP contribution is -2.32. The number of aryl methyl sites for hydroxylation is 1. The number of hydrogen-bond donors (Lipinski definition) is 0. The number of para-hydroxylation sites is 1. The maximum absolute atomic E-state index is 12.6. The lowest BCUT2D eigenvalue weighted by molar-refractivity contribution is -0.154. The van der Waals surface area contributed by atoms with Crippen molar-refractivity contribution in [1.82, 2.24) is 10.2 Å². The van der Waals surface area contributed by atoms with Crippen LogP contribution in [0.15, 0.2) is 36.4 Å². The highest BCUT2D eigenvalue weighted by atomic mass is 19.4. The van der Waals surface area contributed by atoms with E-state index in [0.29, 0.717) is 6.54 Å². The van der Waals surface area contributed by atoms with E-state index in [0.717, 1.165) is 11.3 Å². The van der Waals surface area contributed by atoms with Gasteiger partial charge in [0.25, 0.3) is 5.91 Å². The lowest BCUT2D eigenvalue weighted by Gasteiger charge is -2.22. The van der Waals surface area contributed by atoms with Gasteiger partial charge < -0.3 is 9.64 Å². The summed E-state index contributed by atoms with van der Waals surface area (Å²) in [5, 5.41) is 7.19. The molecule has 0 atom stereocenters. The molecule has 0 unspecified atom stereocenters. The number of alkyl halides is 3. The molecule has 0 fully saturated rings. The smallest absolute Gasteiger partial charge is 0.422 e. The van der Waals surface area contributed by atoms with Gasteiger partial charge in [0.1, 0.15) is 0 Å². The van der Waals surface area contributed by atoms with E-state index in [4.69, 9.17) is 0 Å². The van der Waals surface area contributed by atoms with E-state index >= 15 is 0 Å². The molecule has 0 aliphatic heterocycles. The van der Waals surface area contributed by atoms with Gasteiger partial charge in [-0.05, 0) is 31.5 Å². The number of ether oxygens (including phenoxy) is 1. The van der Waals surface area contributed by atoms with Crippen LogP contribution in [0.4, 0.5) is 18.9 Å². The predicted molar refractivity (Wildman–Crippen MR) is 82.1 cm³/mol. The van der Waals surface area contributed by atoms with E-state index in [-0.39, 0.29) is 17.5 Å². The number of carbonyl (C=O) groups is 1. The Hall–Kier alpha value is -2.64. The Kier molecular flexibility index (Phi) is 5.38. The summed E-state index contributed by atoms with van der Waals surface area (Å²) in [5.41, 5.74) is 1.69. The van der Waals surface area contributed by atoms with Crippen LogP contribution < -0.4 is 9.64 Å². The van der Waals surface area contributed by atoms with Crippen LogP contribution in [-0.2, 0) is 0 Å². The molecule has 128 valence electrons. The van der Waals surface area contributed by atoms with Gasteiger partial charge in [-0.3, -0.25) is 4.79 Å². The Labute approximate surface area is 137 Å². The quantitative estimate of drug-likeness (QED) is 0.838. The Morgan fingerprint density at radius 1 is 1.17 bits per heavy atom. The zero-order chi connectivity index (χ0) is 17.7. The molecule has 0 aliphatic carbocycles. The van der Waals surface area contributed by atoms with Crippen LogP contribution >= 0.6 is 0 Å². The molecule has 24 heavy (non-hydrogen) atoms. The van der Waals surface area contributed by atoms with Gasteiger partial charge in [0.2, 0.25) is 5.88 Å². The number of aromatic nitrogens is 2. The fraction of sp³-hybridized carbons (Fsp3) is 0.312. The Morgan fingerprint density at radius 2 is 1.88 bits per heavy atom. The minimum atomic E-state index is -4.46. The first kappa shape index (κ1) is 17.7. The molecule has 1 heterocycles. The van der Waals surface area contributed by atoms with Gasteiger partial charge in [-0.15, -0.1) is 10.2 Å². The largest absolute Gasteiger partial charge is 0.467 e. The first-order valence-corrected chi connectivity index (χ1v) is 7.22. The van der Waals surface area contributed by atoms with Gasteiger partial charge in [-0.2, -0.15) is 13.2 Å². The molecule has 2 rings (SSSR count). The lowest BCUT2D eigenvalue weighted by atomic mass is 10.1. The van der Waals surface area contributed by atoms with E-state index in [1.807, 2.05) is 38.1 Å². The second-order valence-corrected chi connectivity index (χ2v) is 5.00. The second kappa shape index (κ2) is 7.29. The molecule has 0 spiro atoms.